The summed E-state index contributed by atoms with van der Waals surface area (Å²) in [6.45, 7) is 5.88. The molecule has 0 radical (unpaired) electrons. The minimum absolute atomic E-state index is 0.475. The van der Waals surface area contributed by atoms with Crippen LogP contribution in [0.5, 0.6) is 0 Å². The number of nitrogens with two attached hydrogens (primary N) is 1. The summed E-state index contributed by atoms with van der Waals surface area (Å²) in [5, 5.41) is 8.06. The summed E-state index contributed by atoms with van der Waals surface area (Å²) in [4.78, 5) is 4.81. The van der Waals surface area contributed by atoms with Crippen molar-refractivity contribution >= 4 is 11.6 Å². The third-order valence-electron chi connectivity index (χ3n) is 3.72. The van der Waals surface area contributed by atoms with Gasteiger partial charge in [0.15, 0.2) is 5.82 Å². The van der Waals surface area contributed by atoms with E-state index in [9.17, 15) is 0 Å². The maximum atomic E-state index is 5.56. The fraction of sp³-hybridized carbons (Fsp3) is 0.667. The first kappa shape index (κ1) is 11.7. The van der Waals surface area contributed by atoms with E-state index in [4.69, 9.17) is 10.5 Å². The fourth-order valence-corrected chi connectivity index (χ4v) is 2.69. The minimum atomic E-state index is 0.475. The number of ether oxygens (including phenoxy) is 1. The largest absolute Gasteiger partial charge is 0.382 e. The second-order valence-electron chi connectivity index (χ2n) is 4.85. The molecule has 0 bridgehead atoms. The van der Waals surface area contributed by atoms with Crippen LogP contribution < -0.4 is 10.6 Å². The van der Waals surface area contributed by atoms with Crippen molar-refractivity contribution in [1.29, 1.82) is 0 Å². The lowest BCUT2D eigenvalue weighted by Crippen LogP contribution is -2.44. The van der Waals surface area contributed by atoms with Crippen LogP contribution in [0.25, 0.3) is 0 Å². The number of morpholine rings is 1. The number of nitrogen functional groups attached to an aromatic ring is 1. The zero-order chi connectivity index (χ0) is 12.4. The highest BCUT2D eigenvalue weighted by molar-refractivity contribution is 5.42. The Labute approximate surface area is 107 Å². The molecule has 6 heteroatoms. The molecule has 1 aromatic heterocycles. The van der Waals surface area contributed by atoms with Crippen molar-refractivity contribution < 1.29 is 4.74 Å². The zero-order valence-electron chi connectivity index (χ0n) is 10.5. The van der Waals surface area contributed by atoms with Crippen LogP contribution in [0.15, 0.2) is 12.1 Å². The topological polar surface area (TPSA) is 67.5 Å². The van der Waals surface area contributed by atoms with Gasteiger partial charge in [-0.15, -0.1) is 10.2 Å². The summed E-state index contributed by atoms with van der Waals surface area (Å²) in [6.07, 6.45) is 1.19. The highest BCUT2D eigenvalue weighted by Crippen LogP contribution is 2.21. The Morgan fingerprint density at radius 2 is 2.00 bits per heavy atom. The van der Waals surface area contributed by atoms with E-state index in [1.807, 2.05) is 12.1 Å². The van der Waals surface area contributed by atoms with E-state index < -0.39 is 0 Å². The molecule has 0 saturated carbocycles. The molecule has 3 heterocycles. The molecule has 0 spiro atoms. The standard InChI is InChI=1S/C12H19N5O/c13-11-1-2-12(15-14-11)17-4-3-10(9-17)16-5-7-18-8-6-16/h1-2,10H,3-9H2,(H2,13,14). The zero-order valence-corrected chi connectivity index (χ0v) is 10.5. The first-order chi connectivity index (χ1) is 8.83. The predicted molar refractivity (Wildman–Crippen MR) is 69.5 cm³/mol. The third-order valence-corrected chi connectivity index (χ3v) is 3.72. The fourth-order valence-electron chi connectivity index (χ4n) is 2.69. The molecular formula is C12H19N5O. The summed E-state index contributed by atoms with van der Waals surface area (Å²) < 4.78 is 5.39. The van der Waals surface area contributed by atoms with Crippen molar-refractivity contribution in [3.8, 4) is 0 Å². The lowest BCUT2D eigenvalue weighted by Gasteiger charge is -2.32. The summed E-state index contributed by atoms with van der Waals surface area (Å²) in [5.74, 6) is 1.41. The molecule has 0 amide bonds. The molecule has 3 rings (SSSR count). The third kappa shape index (κ3) is 2.39. The van der Waals surface area contributed by atoms with E-state index >= 15 is 0 Å². The molecule has 6 nitrogen and oxygen atoms in total. The molecule has 2 aliphatic heterocycles. The van der Waals surface area contributed by atoms with E-state index in [0.29, 0.717) is 11.9 Å². The molecule has 1 unspecified atom stereocenters. The van der Waals surface area contributed by atoms with E-state index in [1.165, 1.54) is 6.42 Å². The van der Waals surface area contributed by atoms with Gasteiger partial charge in [0.25, 0.3) is 0 Å². The first-order valence-corrected chi connectivity index (χ1v) is 6.49. The summed E-state index contributed by atoms with van der Waals surface area (Å²) in [7, 11) is 0. The number of anilines is 2. The molecule has 0 aromatic carbocycles. The van der Waals surface area contributed by atoms with Crippen molar-refractivity contribution in [3.05, 3.63) is 12.1 Å². The molecule has 2 aliphatic rings. The van der Waals surface area contributed by atoms with Gasteiger partial charge in [0.05, 0.1) is 13.2 Å². The molecule has 0 aliphatic carbocycles. The van der Waals surface area contributed by atoms with Gasteiger partial charge in [-0.3, -0.25) is 4.90 Å². The van der Waals surface area contributed by atoms with Crippen LogP contribution in [0, 0.1) is 0 Å². The maximum Gasteiger partial charge on any atom is 0.151 e. The van der Waals surface area contributed by atoms with Gasteiger partial charge in [0.2, 0.25) is 0 Å². The summed E-state index contributed by atoms with van der Waals surface area (Å²) in [5.41, 5.74) is 5.56. The SMILES string of the molecule is Nc1ccc(N2CCC(N3CCOCC3)C2)nn1. The highest BCUT2D eigenvalue weighted by Gasteiger charge is 2.29. The molecule has 2 saturated heterocycles. The quantitative estimate of drug-likeness (QED) is 0.794. The van der Waals surface area contributed by atoms with Gasteiger partial charge in [-0.25, -0.2) is 0 Å². The van der Waals surface area contributed by atoms with Gasteiger partial charge in [-0.05, 0) is 18.6 Å². The smallest absolute Gasteiger partial charge is 0.151 e. The molecule has 2 fully saturated rings. The lowest BCUT2D eigenvalue weighted by atomic mass is 10.2. The lowest BCUT2D eigenvalue weighted by molar-refractivity contribution is 0.0209. The van der Waals surface area contributed by atoms with Crippen LogP contribution in [-0.4, -0.2) is 60.5 Å². The Morgan fingerprint density at radius 1 is 1.17 bits per heavy atom. The molecule has 18 heavy (non-hydrogen) atoms. The molecule has 1 aromatic rings. The second kappa shape index (κ2) is 5.07. The van der Waals surface area contributed by atoms with Crippen LogP contribution in [-0.2, 0) is 4.74 Å². The maximum absolute atomic E-state index is 5.56. The molecular weight excluding hydrogens is 230 g/mol. The van der Waals surface area contributed by atoms with Crippen LogP contribution in [0.1, 0.15) is 6.42 Å². The Kier molecular flexibility index (Phi) is 3.29. The number of hydrogen-bond acceptors (Lipinski definition) is 6. The first-order valence-electron chi connectivity index (χ1n) is 6.49. The summed E-state index contributed by atoms with van der Waals surface area (Å²) >= 11 is 0. The Bertz CT molecular complexity index is 390. The van der Waals surface area contributed by atoms with Gasteiger partial charge in [-0.2, -0.15) is 0 Å². The van der Waals surface area contributed by atoms with Gasteiger partial charge in [0, 0.05) is 32.2 Å². The average molecular weight is 249 g/mol. The van der Waals surface area contributed by atoms with E-state index in [2.05, 4.69) is 20.0 Å². The van der Waals surface area contributed by atoms with Crippen LogP contribution in [0.4, 0.5) is 11.6 Å². The Hall–Kier alpha value is -1.40. The Balaban J connectivity index is 1.62. The van der Waals surface area contributed by atoms with Crippen molar-refractivity contribution in [1.82, 2.24) is 15.1 Å². The van der Waals surface area contributed by atoms with Gasteiger partial charge in [-0.1, -0.05) is 0 Å². The molecule has 1 atom stereocenters. The van der Waals surface area contributed by atoms with Crippen LogP contribution in [0.3, 0.4) is 0 Å². The number of rotatable bonds is 2. The van der Waals surface area contributed by atoms with Gasteiger partial charge in [0.1, 0.15) is 5.82 Å². The van der Waals surface area contributed by atoms with Crippen molar-refractivity contribution in [2.75, 3.05) is 50.0 Å². The summed E-state index contributed by atoms with van der Waals surface area (Å²) in [6, 6.07) is 4.38. The van der Waals surface area contributed by atoms with E-state index in [1.54, 1.807) is 0 Å². The van der Waals surface area contributed by atoms with Crippen LogP contribution in [0.2, 0.25) is 0 Å². The molecule has 98 valence electrons. The van der Waals surface area contributed by atoms with Crippen molar-refractivity contribution in [2.24, 2.45) is 0 Å². The average Bonchev–Trinajstić information content (AvgIpc) is 2.90. The number of hydrogen-bond donors (Lipinski definition) is 1. The number of aromatic nitrogens is 2. The molecule has 2 N–H and O–H groups in total. The van der Waals surface area contributed by atoms with E-state index in [-0.39, 0.29) is 0 Å². The predicted octanol–water partition coefficient (Wildman–Crippen LogP) is -0.0303. The van der Waals surface area contributed by atoms with Crippen LogP contribution >= 0.6 is 0 Å². The van der Waals surface area contributed by atoms with Gasteiger partial charge >= 0.3 is 0 Å². The van der Waals surface area contributed by atoms with E-state index in [0.717, 1.165) is 45.2 Å². The van der Waals surface area contributed by atoms with Gasteiger partial charge < -0.3 is 15.4 Å². The minimum Gasteiger partial charge on any atom is -0.382 e. The van der Waals surface area contributed by atoms with Crippen molar-refractivity contribution in [3.63, 3.8) is 0 Å². The Morgan fingerprint density at radius 3 is 2.72 bits per heavy atom. The monoisotopic (exact) mass is 249 g/mol. The number of nitrogens with zero attached hydrogens (tertiary/aromatic N) is 4. The highest BCUT2D eigenvalue weighted by atomic mass is 16.5. The van der Waals surface area contributed by atoms with Crippen molar-refractivity contribution in [2.45, 2.75) is 12.5 Å². The normalized spacial score (nSPS) is 25.6. The second-order valence-corrected chi connectivity index (χ2v) is 4.85.